The Kier molecular flexibility index (Phi) is 4.54. The lowest BCUT2D eigenvalue weighted by Crippen LogP contribution is -2.20. The molecule has 0 radical (unpaired) electrons. The summed E-state index contributed by atoms with van der Waals surface area (Å²) < 4.78 is 6.94. The molecule has 112 valence electrons. The molecular weight excluding hydrogens is 272 g/mol. The Labute approximate surface area is 122 Å². The zero-order valence-corrected chi connectivity index (χ0v) is 12.0. The molecule has 2 aromatic rings. The van der Waals surface area contributed by atoms with Crippen LogP contribution >= 0.6 is 0 Å². The van der Waals surface area contributed by atoms with Crippen molar-refractivity contribution in [3.8, 4) is 5.75 Å². The van der Waals surface area contributed by atoms with Crippen molar-refractivity contribution in [1.82, 2.24) is 9.55 Å². The standard InChI is InChI=1S/C14H18N4O3/c1-10(15)7-14-16-5-6-17(14)9-11-3-4-13(21-2)12(8-11)18(19)20/h3-6,8,10H,7,9,15H2,1-2H3. The molecule has 0 aliphatic rings. The number of nitrogens with zero attached hydrogens (tertiary/aromatic N) is 3. The fourth-order valence-corrected chi connectivity index (χ4v) is 2.14. The number of methoxy groups -OCH3 is 1. The number of aromatic nitrogens is 2. The van der Waals surface area contributed by atoms with Crippen LogP contribution in [0.4, 0.5) is 5.69 Å². The van der Waals surface area contributed by atoms with Crippen LogP contribution in [0.25, 0.3) is 0 Å². The molecule has 0 aliphatic heterocycles. The minimum atomic E-state index is -0.445. The van der Waals surface area contributed by atoms with Gasteiger partial charge in [-0.25, -0.2) is 4.98 Å². The fraction of sp³-hybridized carbons (Fsp3) is 0.357. The van der Waals surface area contributed by atoms with Crippen LogP contribution in [0.2, 0.25) is 0 Å². The topological polar surface area (TPSA) is 96.2 Å². The van der Waals surface area contributed by atoms with Crippen molar-refractivity contribution in [2.75, 3.05) is 7.11 Å². The van der Waals surface area contributed by atoms with Crippen LogP contribution in [-0.2, 0) is 13.0 Å². The summed E-state index contributed by atoms with van der Waals surface area (Å²) in [5.41, 5.74) is 6.56. The summed E-state index contributed by atoms with van der Waals surface area (Å²) in [6.07, 6.45) is 4.20. The number of nitro groups is 1. The molecule has 21 heavy (non-hydrogen) atoms. The van der Waals surface area contributed by atoms with E-state index in [4.69, 9.17) is 10.5 Å². The summed E-state index contributed by atoms with van der Waals surface area (Å²) >= 11 is 0. The Bertz CT molecular complexity index is 637. The quantitative estimate of drug-likeness (QED) is 0.645. The third-order valence-corrected chi connectivity index (χ3v) is 3.10. The first-order valence-electron chi connectivity index (χ1n) is 6.58. The van der Waals surface area contributed by atoms with Crippen LogP contribution in [0, 0.1) is 10.1 Å². The molecule has 0 saturated heterocycles. The highest BCUT2D eigenvalue weighted by Crippen LogP contribution is 2.27. The maximum atomic E-state index is 11.0. The van der Waals surface area contributed by atoms with E-state index < -0.39 is 4.92 Å². The Morgan fingerprint density at radius 3 is 2.90 bits per heavy atom. The van der Waals surface area contributed by atoms with Crippen molar-refractivity contribution in [3.63, 3.8) is 0 Å². The van der Waals surface area contributed by atoms with Crippen molar-refractivity contribution in [1.29, 1.82) is 0 Å². The van der Waals surface area contributed by atoms with Crippen LogP contribution in [0.5, 0.6) is 5.75 Å². The Morgan fingerprint density at radius 2 is 2.29 bits per heavy atom. The van der Waals surface area contributed by atoms with E-state index in [1.807, 2.05) is 23.8 Å². The number of nitrogens with two attached hydrogens (primary N) is 1. The van der Waals surface area contributed by atoms with E-state index in [0.717, 1.165) is 11.4 Å². The highest BCUT2D eigenvalue weighted by Gasteiger charge is 2.15. The molecule has 0 spiro atoms. The summed E-state index contributed by atoms with van der Waals surface area (Å²) in [6, 6.07) is 4.95. The van der Waals surface area contributed by atoms with Crippen molar-refractivity contribution < 1.29 is 9.66 Å². The highest BCUT2D eigenvalue weighted by atomic mass is 16.6. The first-order valence-corrected chi connectivity index (χ1v) is 6.58. The van der Waals surface area contributed by atoms with Crippen LogP contribution in [0.3, 0.4) is 0 Å². The zero-order valence-electron chi connectivity index (χ0n) is 12.0. The van der Waals surface area contributed by atoms with Crippen molar-refractivity contribution in [3.05, 3.63) is 52.1 Å². The highest BCUT2D eigenvalue weighted by molar-refractivity contribution is 5.48. The number of benzene rings is 1. The number of hydrogen-bond acceptors (Lipinski definition) is 5. The molecule has 1 unspecified atom stereocenters. The van der Waals surface area contributed by atoms with E-state index in [1.54, 1.807) is 12.3 Å². The van der Waals surface area contributed by atoms with E-state index in [9.17, 15) is 10.1 Å². The number of rotatable bonds is 6. The summed E-state index contributed by atoms with van der Waals surface area (Å²) in [7, 11) is 1.42. The van der Waals surface area contributed by atoms with Crippen molar-refractivity contribution in [2.45, 2.75) is 25.9 Å². The van der Waals surface area contributed by atoms with Crippen LogP contribution in [0.1, 0.15) is 18.3 Å². The number of imidazole rings is 1. The predicted molar refractivity (Wildman–Crippen MR) is 78.3 cm³/mol. The second-order valence-electron chi connectivity index (χ2n) is 4.92. The normalized spacial score (nSPS) is 12.1. The molecular formula is C14H18N4O3. The van der Waals surface area contributed by atoms with Gasteiger partial charge in [0.25, 0.3) is 0 Å². The molecule has 0 fully saturated rings. The lowest BCUT2D eigenvalue weighted by atomic mass is 10.1. The van der Waals surface area contributed by atoms with Gasteiger partial charge in [-0.1, -0.05) is 6.07 Å². The average molecular weight is 290 g/mol. The largest absolute Gasteiger partial charge is 0.490 e. The van der Waals surface area contributed by atoms with E-state index in [1.165, 1.54) is 13.2 Å². The zero-order chi connectivity index (χ0) is 15.4. The third kappa shape index (κ3) is 3.57. The molecule has 1 heterocycles. The van der Waals surface area contributed by atoms with Gasteiger partial charge in [0.1, 0.15) is 5.82 Å². The minimum absolute atomic E-state index is 0.0105. The number of ether oxygens (including phenoxy) is 1. The molecule has 7 nitrogen and oxygen atoms in total. The van der Waals surface area contributed by atoms with Crippen LogP contribution in [-0.4, -0.2) is 27.6 Å². The molecule has 0 amide bonds. The Morgan fingerprint density at radius 1 is 1.52 bits per heavy atom. The molecule has 0 bridgehead atoms. The van der Waals surface area contributed by atoms with E-state index in [2.05, 4.69) is 4.98 Å². The molecule has 2 N–H and O–H groups in total. The van der Waals surface area contributed by atoms with E-state index >= 15 is 0 Å². The molecule has 0 saturated carbocycles. The number of hydrogen-bond donors (Lipinski definition) is 1. The predicted octanol–water partition coefficient (Wildman–Crippen LogP) is 1.74. The lowest BCUT2D eigenvalue weighted by Gasteiger charge is -2.10. The first-order chi connectivity index (χ1) is 10.0. The minimum Gasteiger partial charge on any atom is -0.490 e. The molecule has 0 aliphatic carbocycles. The summed E-state index contributed by atoms with van der Waals surface area (Å²) in [5, 5.41) is 11.0. The van der Waals surface area contributed by atoms with Gasteiger partial charge >= 0.3 is 5.69 Å². The van der Waals surface area contributed by atoms with E-state index in [0.29, 0.717) is 13.0 Å². The van der Waals surface area contributed by atoms with E-state index in [-0.39, 0.29) is 17.5 Å². The van der Waals surface area contributed by atoms with Crippen molar-refractivity contribution in [2.24, 2.45) is 5.73 Å². The van der Waals surface area contributed by atoms with Crippen LogP contribution in [0.15, 0.2) is 30.6 Å². The summed E-state index contributed by atoms with van der Waals surface area (Å²) in [6.45, 7) is 2.42. The third-order valence-electron chi connectivity index (χ3n) is 3.10. The number of nitro benzene ring substituents is 1. The first kappa shape index (κ1) is 15.0. The Hall–Kier alpha value is -2.41. The average Bonchev–Trinajstić information content (AvgIpc) is 2.85. The van der Waals surface area contributed by atoms with Crippen LogP contribution < -0.4 is 10.5 Å². The van der Waals surface area contributed by atoms with Gasteiger partial charge in [0, 0.05) is 37.5 Å². The van der Waals surface area contributed by atoms with Crippen molar-refractivity contribution >= 4 is 5.69 Å². The molecule has 1 aromatic carbocycles. The second kappa shape index (κ2) is 6.36. The maximum absolute atomic E-state index is 11.0. The monoisotopic (exact) mass is 290 g/mol. The second-order valence-corrected chi connectivity index (χ2v) is 4.92. The Balaban J connectivity index is 2.26. The smallest absolute Gasteiger partial charge is 0.311 e. The van der Waals surface area contributed by atoms with Gasteiger partial charge in [0.15, 0.2) is 5.75 Å². The van der Waals surface area contributed by atoms with Gasteiger partial charge in [0.05, 0.1) is 12.0 Å². The SMILES string of the molecule is COc1ccc(Cn2ccnc2CC(C)N)cc1[N+](=O)[O-]. The van der Waals surface area contributed by atoms with Gasteiger partial charge in [0.2, 0.25) is 0 Å². The molecule has 2 rings (SSSR count). The summed E-state index contributed by atoms with van der Waals surface area (Å²) in [4.78, 5) is 14.9. The van der Waals surface area contributed by atoms with Gasteiger partial charge < -0.3 is 15.0 Å². The molecule has 7 heteroatoms. The fourth-order valence-electron chi connectivity index (χ4n) is 2.14. The molecule has 1 atom stereocenters. The van der Waals surface area contributed by atoms with Gasteiger partial charge in [-0.05, 0) is 18.6 Å². The van der Waals surface area contributed by atoms with Gasteiger partial charge in [-0.15, -0.1) is 0 Å². The van der Waals surface area contributed by atoms with Gasteiger partial charge in [-0.2, -0.15) is 0 Å². The maximum Gasteiger partial charge on any atom is 0.311 e. The molecule has 1 aromatic heterocycles. The lowest BCUT2D eigenvalue weighted by molar-refractivity contribution is -0.385. The summed E-state index contributed by atoms with van der Waals surface area (Å²) in [5.74, 6) is 1.12. The van der Waals surface area contributed by atoms with Gasteiger partial charge in [-0.3, -0.25) is 10.1 Å².